The number of pyridine rings is 1. The molecule has 62 valence electrons. The fourth-order valence-corrected chi connectivity index (χ4v) is 0.816. The van der Waals surface area contributed by atoms with Crippen molar-refractivity contribution in [1.82, 2.24) is 4.98 Å². The van der Waals surface area contributed by atoms with Crippen LogP contribution in [0.15, 0.2) is 18.2 Å². The van der Waals surface area contributed by atoms with Gasteiger partial charge in [0.15, 0.2) is 0 Å². The van der Waals surface area contributed by atoms with E-state index in [9.17, 15) is 9.59 Å². The number of nitrogens with two attached hydrogens (primary N) is 1. The van der Waals surface area contributed by atoms with E-state index in [-0.39, 0.29) is 11.4 Å². The molecule has 0 aliphatic rings. The number of aromatic nitrogens is 1. The Morgan fingerprint density at radius 3 is 2.42 bits per heavy atom. The Labute approximate surface area is 74.2 Å². The van der Waals surface area contributed by atoms with Crippen molar-refractivity contribution < 1.29 is 9.59 Å². The summed E-state index contributed by atoms with van der Waals surface area (Å²) in [5, 5.41) is -0.488. The van der Waals surface area contributed by atoms with Crippen molar-refractivity contribution in [2.45, 2.75) is 0 Å². The second-order valence-electron chi connectivity index (χ2n) is 2.08. The van der Waals surface area contributed by atoms with Crippen molar-refractivity contribution in [1.29, 1.82) is 0 Å². The average molecular weight is 182 g/mol. The van der Waals surface area contributed by atoms with E-state index in [1.54, 1.807) is 0 Å². The van der Waals surface area contributed by atoms with Crippen molar-refractivity contribution >= 4 is 23.7 Å². The van der Waals surface area contributed by atoms with Crippen LogP contribution in [-0.2, 0) is 0 Å². The zero-order valence-corrected chi connectivity index (χ0v) is 6.91. The zero-order chi connectivity index (χ0) is 9.14. The molecule has 0 spiro atoms. The number of amides is 1. The van der Waals surface area contributed by atoms with Gasteiger partial charge in [-0.1, -0.05) is 18.7 Å². The Morgan fingerprint density at radius 2 is 1.92 bits per heavy atom. The van der Waals surface area contributed by atoms with Crippen molar-refractivity contribution in [3.05, 3.63) is 29.6 Å². The summed E-state index contributed by atoms with van der Waals surface area (Å²) in [6.45, 7) is 0. The molecule has 0 saturated carbocycles. The number of carbonyl (C=O) groups excluding carboxylic acids is 2. The van der Waals surface area contributed by atoms with Crippen LogP contribution in [0.1, 0.15) is 21.0 Å². The second kappa shape index (κ2) is 3.36. The SMILES string of the molecule is NC(=O)c1cccc(C(=O)S)n1. The van der Waals surface area contributed by atoms with E-state index in [1.807, 2.05) is 0 Å². The van der Waals surface area contributed by atoms with Gasteiger partial charge in [-0.3, -0.25) is 9.59 Å². The average Bonchev–Trinajstić information content (AvgIpc) is 2.04. The lowest BCUT2D eigenvalue weighted by molar-refractivity contribution is 0.0995. The van der Waals surface area contributed by atoms with Gasteiger partial charge in [0, 0.05) is 0 Å². The van der Waals surface area contributed by atoms with Crippen LogP contribution in [0.4, 0.5) is 0 Å². The Bertz CT molecular complexity index is 309. The highest BCUT2D eigenvalue weighted by Gasteiger charge is 2.05. The van der Waals surface area contributed by atoms with Gasteiger partial charge in [0.25, 0.3) is 5.91 Å². The van der Waals surface area contributed by atoms with Gasteiger partial charge < -0.3 is 5.73 Å². The summed E-state index contributed by atoms with van der Waals surface area (Å²) in [6.07, 6.45) is 0. The zero-order valence-electron chi connectivity index (χ0n) is 6.02. The van der Waals surface area contributed by atoms with Gasteiger partial charge in [0.2, 0.25) is 5.12 Å². The van der Waals surface area contributed by atoms with Crippen LogP contribution in [0.25, 0.3) is 0 Å². The molecule has 0 radical (unpaired) electrons. The Kier molecular flexibility index (Phi) is 2.44. The van der Waals surface area contributed by atoms with Crippen LogP contribution in [-0.4, -0.2) is 16.0 Å². The summed E-state index contributed by atoms with van der Waals surface area (Å²) >= 11 is 3.55. The highest BCUT2D eigenvalue weighted by atomic mass is 32.1. The lowest BCUT2D eigenvalue weighted by Crippen LogP contribution is -2.14. The molecule has 0 atom stereocenters. The fourth-order valence-electron chi connectivity index (χ4n) is 0.691. The molecule has 0 bridgehead atoms. The van der Waals surface area contributed by atoms with Crippen LogP contribution in [0.2, 0.25) is 0 Å². The number of thiol groups is 1. The van der Waals surface area contributed by atoms with E-state index in [0.717, 1.165) is 0 Å². The summed E-state index contributed by atoms with van der Waals surface area (Å²) < 4.78 is 0. The number of hydrogen-bond acceptors (Lipinski definition) is 3. The molecular formula is C7H6N2O2S. The predicted octanol–water partition coefficient (Wildman–Crippen LogP) is 0.251. The maximum absolute atomic E-state index is 10.7. The number of primary amides is 1. The summed E-state index contributed by atoms with van der Waals surface area (Å²) in [4.78, 5) is 24.9. The third kappa shape index (κ3) is 1.82. The number of hydrogen-bond donors (Lipinski definition) is 2. The maximum Gasteiger partial charge on any atom is 0.267 e. The first kappa shape index (κ1) is 8.73. The molecule has 2 N–H and O–H groups in total. The maximum atomic E-state index is 10.7. The van der Waals surface area contributed by atoms with E-state index < -0.39 is 11.0 Å². The van der Waals surface area contributed by atoms with Gasteiger partial charge >= 0.3 is 0 Å². The minimum absolute atomic E-state index is 0.0647. The molecule has 4 nitrogen and oxygen atoms in total. The highest BCUT2D eigenvalue weighted by molar-refractivity contribution is 7.97. The number of rotatable bonds is 2. The van der Waals surface area contributed by atoms with Gasteiger partial charge in [-0.05, 0) is 12.1 Å². The van der Waals surface area contributed by atoms with Crippen molar-refractivity contribution in [2.75, 3.05) is 0 Å². The molecule has 5 heteroatoms. The van der Waals surface area contributed by atoms with Gasteiger partial charge in [0.05, 0.1) is 0 Å². The molecule has 0 unspecified atom stereocenters. The molecule has 1 heterocycles. The van der Waals surface area contributed by atoms with E-state index >= 15 is 0 Å². The molecule has 0 fully saturated rings. The summed E-state index contributed by atoms with van der Waals surface area (Å²) in [5.74, 6) is -0.661. The molecule has 1 amide bonds. The first-order valence-corrected chi connectivity index (χ1v) is 3.56. The van der Waals surface area contributed by atoms with E-state index in [2.05, 4.69) is 17.6 Å². The standard InChI is InChI=1S/C7H6N2O2S/c8-6(10)4-2-1-3-5(9-4)7(11)12/h1-3H,(H2,8,10)(H,11,12). The van der Waals surface area contributed by atoms with Crippen LogP contribution < -0.4 is 5.73 Å². The molecule has 12 heavy (non-hydrogen) atoms. The lowest BCUT2D eigenvalue weighted by Gasteiger charge is -1.95. The summed E-state index contributed by atoms with van der Waals surface area (Å²) in [7, 11) is 0. The van der Waals surface area contributed by atoms with Crippen LogP contribution >= 0.6 is 12.6 Å². The van der Waals surface area contributed by atoms with Crippen LogP contribution in [0.3, 0.4) is 0 Å². The van der Waals surface area contributed by atoms with E-state index in [4.69, 9.17) is 5.73 Å². The van der Waals surface area contributed by atoms with Gasteiger partial charge in [0.1, 0.15) is 11.4 Å². The Balaban J connectivity index is 3.12. The van der Waals surface area contributed by atoms with Crippen molar-refractivity contribution in [3.8, 4) is 0 Å². The van der Waals surface area contributed by atoms with Crippen molar-refractivity contribution in [2.24, 2.45) is 5.73 Å². The summed E-state index contributed by atoms with van der Waals surface area (Å²) in [6, 6.07) is 4.42. The molecule has 1 aromatic rings. The number of carbonyl (C=O) groups is 2. The molecular weight excluding hydrogens is 176 g/mol. The van der Waals surface area contributed by atoms with E-state index in [0.29, 0.717) is 0 Å². The smallest absolute Gasteiger partial charge is 0.267 e. The monoisotopic (exact) mass is 182 g/mol. The first-order valence-electron chi connectivity index (χ1n) is 3.11. The second-order valence-corrected chi connectivity index (χ2v) is 2.48. The number of nitrogens with zero attached hydrogens (tertiary/aromatic N) is 1. The fraction of sp³-hybridized carbons (Fsp3) is 0. The van der Waals surface area contributed by atoms with Gasteiger partial charge in [-0.25, -0.2) is 4.98 Å². The quantitative estimate of drug-likeness (QED) is 0.644. The molecule has 0 aromatic carbocycles. The molecule has 1 aromatic heterocycles. The van der Waals surface area contributed by atoms with E-state index in [1.165, 1.54) is 18.2 Å². The predicted molar refractivity (Wildman–Crippen MR) is 46.1 cm³/mol. The Hall–Kier alpha value is -1.36. The lowest BCUT2D eigenvalue weighted by atomic mass is 10.3. The van der Waals surface area contributed by atoms with Crippen LogP contribution in [0.5, 0.6) is 0 Å². The highest BCUT2D eigenvalue weighted by Crippen LogP contribution is 2.01. The molecule has 0 aliphatic heterocycles. The van der Waals surface area contributed by atoms with Gasteiger partial charge in [-0.2, -0.15) is 0 Å². The normalized spacial score (nSPS) is 9.42. The first-order chi connectivity index (χ1) is 5.61. The minimum atomic E-state index is -0.661. The third-order valence-corrected chi connectivity index (χ3v) is 1.45. The largest absolute Gasteiger partial charge is 0.364 e. The van der Waals surface area contributed by atoms with Gasteiger partial charge in [-0.15, -0.1) is 0 Å². The molecule has 1 rings (SSSR count). The summed E-state index contributed by atoms with van der Waals surface area (Å²) in [5.41, 5.74) is 5.13. The minimum Gasteiger partial charge on any atom is -0.364 e. The molecule has 0 aliphatic carbocycles. The third-order valence-electron chi connectivity index (χ3n) is 1.22. The topological polar surface area (TPSA) is 73.1 Å². The van der Waals surface area contributed by atoms with Crippen molar-refractivity contribution in [3.63, 3.8) is 0 Å². The Morgan fingerprint density at radius 1 is 1.33 bits per heavy atom. The van der Waals surface area contributed by atoms with Crippen LogP contribution in [0, 0.1) is 0 Å². The molecule has 0 saturated heterocycles.